The molecule has 2 aromatic carbocycles. The van der Waals surface area contributed by atoms with Crippen LogP contribution in [0.1, 0.15) is 17.0 Å². The van der Waals surface area contributed by atoms with Gasteiger partial charge in [0.05, 0.1) is 0 Å². The standard InChI is InChI=1S/C22H21ClN2O3/c1-15-11-20(26)12-16(2)25(15)13-22(27)24-19-7-9-21(10-8-19)28-14-17-3-5-18(23)6-4-17/h3-12H,13-14H2,1-2H3,(H,24,27). The Labute approximate surface area is 168 Å². The van der Waals surface area contributed by atoms with E-state index in [0.29, 0.717) is 23.1 Å². The molecular weight excluding hydrogens is 376 g/mol. The van der Waals surface area contributed by atoms with Crippen LogP contribution in [0.5, 0.6) is 5.75 Å². The Morgan fingerprint density at radius 1 is 1.00 bits per heavy atom. The van der Waals surface area contributed by atoms with E-state index in [0.717, 1.165) is 17.0 Å². The lowest BCUT2D eigenvalue weighted by atomic mass is 10.2. The SMILES string of the molecule is Cc1cc(=O)cc(C)n1CC(=O)Nc1ccc(OCc2ccc(Cl)cc2)cc1. The van der Waals surface area contributed by atoms with E-state index in [2.05, 4.69) is 5.32 Å². The molecule has 0 aliphatic heterocycles. The largest absolute Gasteiger partial charge is 0.489 e. The third-order valence-corrected chi connectivity index (χ3v) is 4.56. The van der Waals surface area contributed by atoms with Crippen LogP contribution < -0.4 is 15.5 Å². The fraction of sp³-hybridized carbons (Fsp3) is 0.182. The van der Waals surface area contributed by atoms with Crippen molar-refractivity contribution >= 4 is 23.2 Å². The first-order chi connectivity index (χ1) is 13.4. The minimum atomic E-state index is -0.162. The fourth-order valence-electron chi connectivity index (χ4n) is 2.86. The van der Waals surface area contributed by atoms with Crippen LogP contribution in [0.3, 0.4) is 0 Å². The number of aromatic nitrogens is 1. The molecule has 0 atom stereocenters. The van der Waals surface area contributed by atoms with Crippen molar-refractivity contribution in [1.29, 1.82) is 0 Å². The third-order valence-electron chi connectivity index (χ3n) is 4.31. The highest BCUT2D eigenvalue weighted by Gasteiger charge is 2.08. The summed E-state index contributed by atoms with van der Waals surface area (Å²) in [5, 5.41) is 3.55. The Bertz CT molecular complexity index is 999. The Hall–Kier alpha value is -3.05. The Morgan fingerprint density at radius 3 is 2.21 bits per heavy atom. The van der Waals surface area contributed by atoms with Gasteiger partial charge in [-0.05, 0) is 55.8 Å². The summed E-state index contributed by atoms with van der Waals surface area (Å²) in [6.45, 7) is 4.21. The van der Waals surface area contributed by atoms with Crippen LogP contribution in [0, 0.1) is 13.8 Å². The summed E-state index contributed by atoms with van der Waals surface area (Å²) in [4.78, 5) is 23.8. The lowest BCUT2D eigenvalue weighted by Gasteiger charge is -2.14. The van der Waals surface area contributed by atoms with E-state index in [1.165, 1.54) is 12.1 Å². The molecule has 3 rings (SSSR count). The molecule has 3 aromatic rings. The van der Waals surface area contributed by atoms with E-state index in [1.807, 2.05) is 38.1 Å². The smallest absolute Gasteiger partial charge is 0.244 e. The molecule has 1 aromatic heterocycles. The Balaban J connectivity index is 1.57. The van der Waals surface area contributed by atoms with Gasteiger partial charge in [0.2, 0.25) is 5.91 Å². The molecule has 0 fully saturated rings. The summed E-state index contributed by atoms with van der Waals surface area (Å²) in [5.41, 5.74) is 3.16. The zero-order valence-electron chi connectivity index (χ0n) is 15.7. The number of nitrogens with one attached hydrogen (secondary N) is 1. The summed E-state index contributed by atoms with van der Waals surface area (Å²) in [6, 6.07) is 17.7. The fourth-order valence-corrected chi connectivity index (χ4v) is 2.99. The maximum atomic E-state index is 12.3. The van der Waals surface area contributed by atoms with Gasteiger partial charge in [-0.2, -0.15) is 0 Å². The number of hydrogen-bond donors (Lipinski definition) is 1. The second kappa shape index (κ2) is 8.76. The van der Waals surface area contributed by atoms with Crippen molar-refractivity contribution in [3.05, 3.63) is 92.9 Å². The predicted octanol–water partition coefficient (Wildman–Crippen LogP) is 4.34. The molecule has 0 unspecified atom stereocenters. The van der Waals surface area contributed by atoms with E-state index in [-0.39, 0.29) is 17.9 Å². The molecule has 1 amide bonds. The Kier molecular flexibility index (Phi) is 6.16. The second-order valence-electron chi connectivity index (χ2n) is 6.55. The average Bonchev–Trinajstić information content (AvgIpc) is 2.65. The summed E-state index contributed by atoms with van der Waals surface area (Å²) < 4.78 is 7.55. The van der Waals surface area contributed by atoms with Crippen LogP contribution >= 0.6 is 11.6 Å². The first kappa shape index (κ1) is 19.7. The van der Waals surface area contributed by atoms with Crippen LogP contribution in [0.2, 0.25) is 5.02 Å². The summed E-state index contributed by atoms with van der Waals surface area (Å²) >= 11 is 5.87. The normalized spacial score (nSPS) is 10.5. The van der Waals surface area contributed by atoms with Gasteiger partial charge >= 0.3 is 0 Å². The molecule has 0 saturated heterocycles. The summed E-state index contributed by atoms with van der Waals surface area (Å²) in [5.74, 6) is 0.546. The van der Waals surface area contributed by atoms with Gasteiger partial charge in [-0.15, -0.1) is 0 Å². The van der Waals surface area contributed by atoms with Crippen LogP contribution in [-0.2, 0) is 17.9 Å². The average molecular weight is 397 g/mol. The van der Waals surface area contributed by atoms with Gasteiger partial charge < -0.3 is 14.6 Å². The maximum Gasteiger partial charge on any atom is 0.244 e. The molecule has 0 bridgehead atoms. The number of carbonyl (C=O) groups is 1. The molecule has 1 heterocycles. The van der Waals surface area contributed by atoms with Gasteiger partial charge in [0, 0.05) is 34.2 Å². The molecule has 144 valence electrons. The van der Waals surface area contributed by atoms with Crippen molar-refractivity contribution < 1.29 is 9.53 Å². The molecular formula is C22H21ClN2O3. The molecule has 0 aliphatic rings. The van der Waals surface area contributed by atoms with Crippen molar-refractivity contribution in [2.45, 2.75) is 27.0 Å². The van der Waals surface area contributed by atoms with Crippen molar-refractivity contribution in [3.8, 4) is 5.75 Å². The first-order valence-electron chi connectivity index (χ1n) is 8.86. The van der Waals surface area contributed by atoms with Crippen LogP contribution in [0.15, 0.2) is 65.5 Å². The molecule has 1 N–H and O–H groups in total. The van der Waals surface area contributed by atoms with Gasteiger partial charge in [-0.1, -0.05) is 23.7 Å². The van der Waals surface area contributed by atoms with E-state index >= 15 is 0 Å². The van der Waals surface area contributed by atoms with Crippen molar-refractivity contribution in [3.63, 3.8) is 0 Å². The van der Waals surface area contributed by atoms with Gasteiger partial charge in [-0.3, -0.25) is 9.59 Å². The van der Waals surface area contributed by atoms with E-state index in [1.54, 1.807) is 28.8 Å². The van der Waals surface area contributed by atoms with Crippen molar-refractivity contribution in [1.82, 2.24) is 4.57 Å². The zero-order valence-corrected chi connectivity index (χ0v) is 16.5. The molecule has 0 radical (unpaired) electrons. The number of ether oxygens (including phenoxy) is 1. The number of benzene rings is 2. The number of nitrogens with zero attached hydrogens (tertiary/aromatic N) is 1. The number of anilines is 1. The lowest BCUT2D eigenvalue weighted by molar-refractivity contribution is -0.116. The zero-order chi connectivity index (χ0) is 20.1. The molecule has 0 saturated carbocycles. The van der Waals surface area contributed by atoms with E-state index < -0.39 is 0 Å². The second-order valence-corrected chi connectivity index (χ2v) is 6.98. The minimum Gasteiger partial charge on any atom is -0.489 e. The molecule has 0 spiro atoms. The topological polar surface area (TPSA) is 60.3 Å². The number of amides is 1. The molecule has 0 aliphatic carbocycles. The molecule has 6 heteroatoms. The van der Waals surface area contributed by atoms with Crippen LogP contribution in [0.25, 0.3) is 0 Å². The molecule has 28 heavy (non-hydrogen) atoms. The van der Waals surface area contributed by atoms with Gasteiger partial charge in [0.25, 0.3) is 0 Å². The van der Waals surface area contributed by atoms with Crippen LogP contribution in [0.4, 0.5) is 5.69 Å². The van der Waals surface area contributed by atoms with E-state index in [9.17, 15) is 9.59 Å². The van der Waals surface area contributed by atoms with Crippen molar-refractivity contribution in [2.75, 3.05) is 5.32 Å². The van der Waals surface area contributed by atoms with E-state index in [4.69, 9.17) is 16.3 Å². The number of halogens is 1. The lowest BCUT2D eigenvalue weighted by Crippen LogP contribution is -2.23. The monoisotopic (exact) mass is 396 g/mol. The number of carbonyl (C=O) groups excluding carboxylic acids is 1. The summed E-state index contributed by atoms with van der Waals surface area (Å²) in [7, 11) is 0. The molecule has 5 nitrogen and oxygen atoms in total. The van der Waals surface area contributed by atoms with Crippen LogP contribution in [-0.4, -0.2) is 10.5 Å². The Morgan fingerprint density at radius 2 is 1.61 bits per heavy atom. The highest BCUT2D eigenvalue weighted by Crippen LogP contribution is 2.18. The maximum absolute atomic E-state index is 12.3. The highest BCUT2D eigenvalue weighted by atomic mass is 35.5. The predicted molar refractivity (Wildman–Crippen MR) is 111 cm³/mol. The summed E-state index contributed by atoms with van der Waals surface area (Å²) in [6.07, 6.45) is 0. The van der Waals surface area contributed by atoms with Gasteiger partial charge in [-0.25, -0.2) is 0 Å². The number of hydrogen-bond acceptors (Lipinski definition) is 3. The quantitative estimate of drug-likeness (QED) is 0.674. The van der Waals surface area contributed by atoms with Gasteiger partial charge in [0.1, 0.15) is 18.9 Å². The minimum absolute atomic E-state index is 0.0548. The first-order valence-corrected chi connectivity index (χ1v) is 9.24. The van der Waals surface area contributed by atoms with Crippen molar-refractivity contribution in [2.24, 2.45) is 0 Å². The number of aryl methyl sites for hydroxylation is 2. The van der Waals surface area contributed by atoms with Gasteiger partial charge in [0.15, 0.2) is 5.43 Å². The highest BCUT2D eigenvalue weighted by molar-refractivity contribution is 6.30. The number of rotatable bonds is 6. The third kappa shape index (κ3) is 5.24. The number of pyridine rings is 1.